The van der Waals surface area contributed by atoms with Crippen LogP contribution in [0.3, 0.4) is 0 Å². The third-order valence-corrected chi connectivity index (χ3v) is 8.28. The van der Waals surface area contributed by atoms with Crippen LogP contribution in [-0.4, -0.2) is 44.3 Å². The molecule has 0 aromatic carbocycles. The Balaban J connectivity index is 0. The smallest absolute Gasteiger partial charge is 0.328 e. The minimum Gasteiger partial charge on any atom is -0.328 e. The van der Waals surface area contributed by atoms with Crippen molar-refractivity contribution in [2.45, 2.75) is 59.3 Å². The van der Waals surface area contributed by atoms with Crippen LogP contribution in [-0.2, 0) is 9.05 Å². The second kappa shape index (κ2) is 16.1. The van der Waals surface area contributed by atoms with Crippen LogP contribution in [0.2, 0.25) is 0 Å². The first-order valence-electron chi connectivity index (χ1n) is 7.90. The highest BCUT2D eigenvalue weighted by atomic mass is 31.2. The predicted molar refractivity (Wildman–Crippen MR) is 95.3 cm³/mol. The monoisotopic (exact) mass is 327 g/mol. The van der Waals surface area contributed by atoms with Crippen molar-refractivity contribution in [1.82, 2.24) is 0 Å². The average Bonchev–Trinajstić information content (AvgIpc) is 2.49. The lowest BCUT2D eigenvalue weighted by Gasteiger charge is -2.22. The molecule has 0 amide bonds. The maximum absolute atomic E-state index is 8.29. The van der Waals surface area contributed by atoms with Crippen LogP contribution in [0.15, 0.2) is 0 Å². The summed E-state index contributed by atoms with van der Waals surface area (Å²) in [5.74, 6) is 0. The molecule has 0 radical (unpaired) electrons. The summed E-state index contributed by atoms with van der Waals surface area (Å²) in [5.41, 5.74) is 0. The Bertz CT molecular complexity index is 166. The van der Waals surface area contributed by atoms with Crippen LogP contribution >= 0.6 is 15.9 Å². The van der Waals surface area contributed by atoms with Gasteiger partial charge in [0, 0.05) is 28.1 Å². The van der Waals surface area contributed by atoms with E-state index >= 15 is 0 Å². The first-order valence-corrected chi connectivity index (χ1v) is 11.8. The largest absolute Gasteiger partial charge is 0.329 e. The van der Waals surface area contributed by atoms with E-state index in [0.717, 1.165) is 0 Å². The van der Waals surface area contributed by atoms with Gasteiger partial charge in [-0.15, -0.1) is 0 Å². The van der Waals surface area contributed by atoms with Gasteiger partial charge in [0.2, 0.25) is 0 Å². The van der Waals surface area contributed by atoms with E-state index < -0.39 is 15.9 Å². The first-order chi connectivity index (χ1) is 9.49. The highest BCUT2D eigenvalue weighted by Gasteiger charge is 2.28. The molecule has 0 spiro atoms. The molecule has 0 rings (SSSR count). The van der Waals surface area contributed by atoms with Gasteiger partial charge in [-0.1, -0.05) is 40.0 Å². The van der Waals surface area contributed by atoms with Crippen LogP contribution in [0, 0.1) is 0 Å². The molecule has 0 aliphatic carbocycles. The quantitative estimate of drug-likeness (QED) is 0.507. The van der Waals surface area contributed by atoms with Crippen molar-refractivity contribution < 1.29 is 13.9 Å². The van der Waals surface area contributed by atoms with Crippen molar-refractivity contribution >= 4 is 15.9 Å². The summed E-state index contributed by atoms with van der Waals surface area (Å²) >= 11 is 0. The van der Waals surface area contributed by atoms with Crippen molar-refractivity contribution in [2.24, 2.45) is 0 Å². The van der Waals surface area contributed by atoms with Crippen molar-refractivity contribution in [2.75, 3.05) is 39.4 Å². The molecule has 0 aliphatic heterocycles. The molecule has 0 heterocycles. The SMILES string of the molecule is CCCC[P+](C)(CCCC)CCCC.COP(O)OC. The zero-order valence-corrected chi connectivity index (χ0v) is 16.3. The van der Waals surface area contributed by atoms with E-state index in [2.05, 4.69) is 36.5 Å². The van der Waals surface area contributed by atoms with Gasteiger partial charge in [-0.25, -0.2) is 0 Å². The van der Waals surface area contributed by atoms with E-state index in [0.29, 0.717) is 0 Å². The number of hydrogen-bond donors (Lipinski definition) is 1. The normalized spacial score (nSPS) is 11.4. The van der Waals surface area contributed by atoms with E-state index in [4.69, 9.17) is 4.89 Å². The Labute approximate surface area is 129 Å². The summed E-state index contributed by atoms with van der Waals surface area (Å²) < 4.78 is 8.59. The molecule has 3 nitrogen and oxygen atoms in total. The van der Waals surface area contributed by atoms with Crippen molar-refractivity contribution in [1.29, 1.82) is 0 Å². The lowest BCUT2D eigenvalue weighted by atomic mass is 10.4. The molecular weight excluding hydrogens is 290 g/mol. The lowest BCUT2D eigenvalue weighted by Crippen LogP contribution is -2.07. The highest BCUT2D eigenvalue weighted by molar-refractivity contribution is 7.75. The zero-order valence-electron chi connectivity index (χ0n) is 14.5. The van der Waals surface area contributed by atoms with E-state index in [-0.39, 0.29) is 0 Å². The first kappa shape index (κ1) is 23.0. The molecule has 1 N–H and O–H groups in total. The molecule has 0 bridgehead atoms. The van der Waals surface area contributed by atoms with E-state index in [9.17, 15) is 0 Å². The van der Waals surface area contributed by atoms with Gasteiger partial charge in [-0.3, -0.25) is 0 Å². The molecule has 20 heavy (non-hydrogen) atoms. The topological polar surface area (TPSA) is 38.7 Å². The zero-order chi connectivity index (χ0) is 15.9. The minimum absolute atomic E-state index is 0.519. The molecule has 0 aromatic heterocycles. The van der Waals surface area contributed by atoms with Crippen LogP contribution in [0.4, 0.5) is 0 Å². The fourth-order valence-corrected chi connectivity index (χ4v) is 6.09. The van der Waals surface area contributed by atoms with Crippen LogP contribution in [0.5, 0.6) is 0 Å². The highest BCUT2D eigenvalue weighted by Crippen LogP contribution is 2.57. The number of hydrogen-bond acceptors (Lipinski definition) is 3. The maximum Gasteiger partial charge on any atom is 0.329 e. The summed E-state index contributed by atoms with van der Waals surface area (Å²) in [6.07, 6.45) is 13.2. The van der Waals surface area contributed by atoms with Crippen LogP contribution in [0.25, 0.3) is 0 Å². The van der Waals surface area contributed by atoms with Gasteiger partial charge in [-0.05, 0) is 19.3 Å². The third kappa shape index (κ3) is 15.1. The average molecular weight is 327 g/mol. The second-order valence-corrected chi connectivity index (χ2v) is 11.2. The summed E-state index contributed by atoms with van der Waals surface area (Å²) in [4.78, 5) is 8.29. The Kier molecular flexibility index (Phi) is 18.5. The fourth-order valence-electron chi connectivity index (χ4n) is 2.03. The van der Waals surface area contributed by atoms with Crippen LogP contribution in [0.1, 0.15) is 59.3 Å². The fraction of sp³-hybridized carbons (Fsp3) is 1.00. The second-order valence-electron chi connectivity index (χ2n) is 5.45. The summed E-state index contributed by atoms with van der Waals surface area (Å²) in [7, 11) is 0.673. The summed E-state index contributed by atoms with van der Waals surface area (Å²) in [5, 5.41) is 0. The Morgan fingerprint density at radius 3 is 1.25 bits per heavy atom. The van der Waals surface area contributed by atoms with E-state index in [1.165, 1.54) is 52.7 Å². The molecule has 0 saturated carbocycles. The molecule has 5 heteroatoms. The van der Waals surface area contributed by atoms with Crippen LogP contribution < -0.4 is 0 Å². The van der Waals surface area contributed by atoms with Crippen molar-refractivity contribution in [3.8, 4) is 0 Å². The molecular formula is C15H37O3P2+. The van der Waals surface area contributed by atoms with E-state index in [1.54, 1.807) is 18.5 Å². The van der Waals surface area contributed by atoms with Crippen molar-refractivity contribution in [3.05, 3.63) is 0 Å². The molecule has 0 atom stereocenters. The molecule has 0 unspecified atom stereocenters. The minimum atomic E-state index is -1.58. The molecule has 0 aliphatic rings. The van der Waals surface area contributed by atoms with Gasteiger partial charge in [-0.2, -0.15) is 0 Å². The maximum atomic E-state index is 8.29. The van der Waals surface area contributed by atoms with Crippen molar-refractivity contribution in [3.63, 3.8) is 0 Å². The third-order valence-electron chi connectivity index (χ3n) is 3.47. The lowest BCUT2D eigenvalue weighted by molar-refractivity contribution is 0.271. The molecule has 0 aromatic rings. The van der Waals surface area contributed by atoms with Gasteiger partial charge >= 0.3 is 8.60 Å². The molecule has 0 fully saturated rings. The van der Waals surface area contributed by atoms with Gasteiger partial charge in [0.1, 0.15) is 0 Å². The molecule has 124 valence electrons. The van der Waals surface area contributed by atoms with Gasteiger partial charge in [0.15, 0.2) is 0 Å². The molecule has 0 saturated heterocycles. The Morgan fingerprint density at radius 2 is 1.10 bits per heavy atom. The Morgan fingerprint density at radius 1 is 0.800 bits per heavy atom. The van der Waals surface area contributed by atoms with Gasteiger partial charge < -0.3 is 13.9 Å². The Hall–Kier alpha value is 0.740. The van der Waals surface area contributed by atoms with Gasteiger partial charge in [0.05, 0.1) is 18.5 Å². The van der Waals surface area contributed by atoms with Gasteiger partial charge in [0.25, 0.3) is 0 Å². The number of rotatable bonds is 11. The summed E-state index contributed by atoms with van der Waals surface area (Å²) in [6, 6.07) is 0. The van der Waals surface area contributed by atoms with E-state index in [1.807, 2.05) is 0 Å². The predicted octanol–water partition coefficient (Wildman–Crippen LogP) is 5.53. The number of unbranched alkanes of at least 4 members (excludes halogenated alkanes) is 3. The standard InChI is InChI=1S/C13H30P.C2H7O3P/c1-5-8-11-14(4,12-9-6-2)13-10-7-3;1-4-6(3)5-2/h5-13H2,1-4H3;3H,1-2H3/q+1;. The summed E-state index contributed by atoms with van der Waals surface area (Å²) in [6.45, 7) is 9.59.